The number of unbranched alkanes of at least 4 members (excludes halogenated alkanes) is 3. The lowest BCUT2D eigenvalue weighted by Gasteiger charge is -2.22. The topological polar surface area (TPSA) is 46.5 Å². The van der Waals surface area contributed by atoms with Crippen LogP contribution in [0.1, 0.15) is 77.0 Å². The molecule has 1 saturated carbocycles. The first kappa shape index (κ1) is 19.1. The van der Waals surface area contributed by atoms with Crippen LogP contribution in [0.25, 0.3) is 0 Å². The zero-order chi connectivity index (χ0) is 16.3. The van der Waals surface area contributed by atoms with Crippen LogP contribution in [0.4, 0.5) is 0 Å². The van der Waals surface area contributed by atoms with Crippen LogP contribution in [0, 0.1) is 11.8 Å². The van der Waals surface area contributed by atoms with Crippen molar-refractivity contribution in [1.82, 2.24) is 0 Å². The van der Waals surface area contributed by atoms with Crippen molar-refractivity contribution in [3.05, 3.63) is 0 Å². The van der Waals surface area contributed by atoms with Gasteiger partial charge in [-0.2, -0.15) is 11.8 Å². The highest BCUT2D eigenvalue weighted by molar-refractivity contribution is 7.99. The molecule has 2 rings (SSSR count). The van der Waals surface area contributed by atoms with Crippen molar-refractivity contribution in [3.8, 4) is 0 Å². The minimum absolute atomic E-state index is 0.327. The summed E-state index contributed by atoms with van der Waals surface area (Å²) in [7, 11) is 0. The van der Waals surface area contributed by atoms with Crippen molar-refractivity contribution in [1.29, 1.82) is 0 Å². The number of ether oxygens (including phenoxy) is 1. The zero-order valence-electron chi connectivity index (χ0n) is 14.5. The van der Waals surface area contributed by atoms with Crippen molar-refractivity contribution >= 4 is 17.7 Å². The van der Waals surface area contributed by atoms with E-state index in [1.807, 2.05) is 0 Å². The van der Waals surface area contributed by atoms with Crippen molar-refractivity contribution in [2.24, 2.45) is 11.8 Å². The van der Waals surface area contributed by atoms with Gasteiger partial charge in [0.25, 0.3) is 0 Å². The highest BCUT2D eigenvalue weighted by atomic mass is 32.2. The Bertz CT molecular complexity index is 329. The molecular weight excluding hydrogens is 308 g/mol. The second-order valence-corrected chi connectivity index (χ2v) is 8.73. The van der Waals surface area contributed by atoms with E-state index in [0.717, 1.165) is 43.1 Å². The molecular formula is C19H34O3S. The van der Waals surface area contributed by atoms with Crippen LogP contribution in [0.3, 0.4) is 0 Å². The van der Waals surface area contributed by atoms with Gasteiger partial charge in [0.05, 0.1) is 0 Å². The highest BCUT2D eigenvalue weighted by Crippen LogP contribution is 2.33. The molecule has 1 aliphatic heterocycles. The van der Waals surface area contributed by atoms with Gasteiger partial charge < -0.3 is 9.84 Å². The summed E-state index contributed by atoms with van der Waals surface area (Å²) in [5.74, 6) is 2.17. The smallest absolute Gasteiger partial charge is 0.303 e. The van der Waals surface area contributed by atoms with Crippen molar-refractivity contribution in [3.63, 3.8) is 0 Å². The van der Waals surface area contributed by atoms with Crippen LogP contribution in [0.2, 0.25) is 0 Å². The molecule has 23 heavy (non-hydrogen) atoms. The van der Waals surface area contributed by atoms with E-state index < -0.39 is 5.97 Å². The number of rotatable bonds is 11. The molecule has 0 spiro atoms. The molecule has 1 heterocycles. The van der Waals surface area contributed by atoms with E-state index in [2.05, 4.69) is 11.8 Å². The SMILES string of the molecule is O=C(O)CCCCCC[C@H]1COC[C@H]1CCSC1CCCCC1. The van der Waals surface area contributed by atoms with E-state index in [4.69, 9.17) is 9.84 Å². The second-order valence-electron chi connectivity index (χ2n) is 7.32. The number of carboxylic acid groups (broad SMARTS) is 1. The van der Waals surface area contributed by atoms with Gasteiger partial charge in [-0.25, -0.2) is 0 Å². The minimum Gasteiger partial charge on any atom is -0.481 e. The molecule has 0 aromatic heterocycles. The summed E-state index contributed by atoms with van der Waals surface area (Å²) in [4.78, 5) is 10.5. The van der Waals surface area contributed by atoms with Crippen LogP contribution >= 0.6 is 11.8 Å². The summed E-state index contributed by atoms with van der Waals surface area (Å²) in [5.41, 5.74) is 0. The Kier molecular flexibility index (Phi) is 9.43. The molecule has 0 aromatic rings. The van der Waals surface area contributed by atoms with E-state index in [1.165, 1.54) is 63.5 Å². The number of thioether (sulfide) groups is 1. The fourth-order valence-electron chi connectivity index (χ4n) is 3.94. The van der Waals surface area contributed by atoms with E-state index in [0.29, 0.717) is 6.42 Å². The summed E-state index contributed by atoms with van der Waals surface area (Å²) >= 11 is 2.21. The Morgan fingerprint density at radius 3 is 2.39 bits per heavy atom. The van der Waals surface area contributed by atoms with Gasteiger partial charge in [-0.1, -0.05) is 38.5 Å². The van der Waals surface area contributed by atoms with Gasteiger partial charge in [0.1, 0.15) is 0 Å². The zero-order valence-corrected chi connectivity index (χ0v) is 15.3. The maximum atomic E-state index is 10.5. The quantitative estimate of drug-likeness (QED) is 0.529. The molecule has 0 amide bonds. The van der Waals surface area contributed by atoms with E-state index >= 15 is 0 Å². The Morgan fingerprint density at radius 2 is 1.65 bits per heavy atom. The van der Waals surface area contributed by atoms with Crippen LogP contribution in [-0.2, 0) is 9.53 Å². The summed E-state index contributed by atoms with van der Waals surface area (Å²) in [5, 5.41) is 9.56. The molecule has 2 fully saturated rings. The number of aliphatic carboxylic acids is 1. The number of carbonyl (C=O) groups is 1. The first-order valence-corrected chi connectivity index (χ1v) is 10.7. The molecule has 0 bridgehead atoms. The highest BCUT2D eigenvalue weighted by Gasteiger charge is 2.27. The lowest BCUT2D eigenvalue weighted by molar-refractivity contribution is -0.137. The summed E-state index contributed by atoms with van der Waals surface area (Å²) in [6.45, 7) is 1.92. The number of hydrogen-bond acceptors (Lipinski definition) is 3. The third-order valence-electron chi connectivity index (χ3n) is 5.44. The molecule has 2 aliphatic rings. The number of carboxylic acids is 1. The van der Waals surface area contributed by atoms with Gasteiger partial charge >= 0.3 is 5.97 Å². The molecule has 4 heteroatoms. The first-order valence-electron chi connectivity index (χ1n) is 9.67. The van der Waals surface area contributed by atoms with Crippen LogP contribution < -0.4 is 0 Å². The normalized spacial score (nSPS) is 25.7. The van der Waals surface area contributed by atoms with Gasteiger partial charge in [0.2, 0.25) is 0 Å². The standard InChI is InChI=1S/C19H34O3S/c20-19(21)11-7-2-1-4-8-16-14-22-15-17(16)12-13-23-18-9-5-3-6-10-18/h16-18H,1-15H2,(H,20,21)/t16-,17+/m0/s1. The maximum absolute atomic E-state index is 10.5. The molecule has 0 unspecified atom stereocenters. The van der Waals surface area contributed by atoms with Gasteiger partial charge in [0.15, 0.2) is 0 Å². The fraction of sp³-hybridized carbons (Fsp3) is 0.947. The van der Waals surface area contributed by atoms with Crippen molar-refractivity contribution in [2.75, 3.05) is 19.0 Å². The average Bonchev–Trinajstić information content (AvgIpc) is 2.99. The third-order valence-corrected chi connectivity index (χ3v) is 6.85. The average molecular weight is 343 g/mol. The largest absolute Gasteiger partial charge is 0.481 e. The first-order chi connectivity index (χ1) is 11.3. The van der Waals surface area contributed by atoms with Crippen LogP contribution in [0.15, 0.2) is 0 Å². The Hall–Kier alpha value is -0.220. The molecule has 2 atom stereocenters. The molecule has 134 valence electrons. The van der Waals surface area contributed by atoms with E-state index in [1.54, 1.807) is 0 Å². The summed E-state index contributed by atoms with van der Waals surface area (Å²) in [6.07, 6.45) is 14.4. The van der Waals surface area contributed by atoms with Gasteiger partial charge in [0, 0.05) is 24.9 Å². The van der Waals surface area contributed by atoms with Crippen LogP contribution in [-0.4, -0.2) is 35.3 Å². The van der Waals surface area contributed by atoms with Gasteiger partial charge in [-0.05, 0) is 49.7 Å². The Labute approximate surface area is 145 Å². The number of hydrogen-bond donors (Lipinski definition) is 1. The monoisotopic (exact) mass is 342 g/mol. The summed E-state index contributed by atoms with van der Waals surface area (Å²) in [6, 6.07) is 0. The van der Waals surface area contributed by atoms with Crippen LogP contribution in [0.5, 0.6) is 0 Å². The molecule has 1 aliphatic carbocycles. The molecule has 0 aromatic carbocycles. The van der Waals surface area contributed by atoms with Gasteiger partial charge in [-0.3, -0.25) is 4.79 Å². The molecule has 0 radical (unpaired) electrons. The molecule has 3 nitrogen and oxygen atoms in total. The predicted molar refractivity (Wildman–Crippen MR) is 97.1 cm³/mol. The van der Waals surface area contributed by atoms with Crippen molar-refractivity contribution in [2.45, 2.75) is 82.3 Å². The molecule has 1 N–H and O–H groups in total. The predicted octanol–water partition coefficient (Wildman–Crippen LogP) is 5.13. The van der Waals surface area contributed by atoms with E-state index in [9.17, 15) is 4.79 Å². The van der Waals surface area contributed by atoms with E-state index in [-0.39, 0.29) is 0 Å². The maximum Gasteiger partial charge on any atom is 0.303 e. The fourth-order valence-corrected chi connectivity index (χ4v) is 5.37. The third kappa shape index (κ3) is 7.93. The minimum atomic E-state index is -0.662. The Balaban J connectivity index is 1.51. The lowest BCUT2D eigenvalue weighted by Crippen LogP contribution is -2.15. The second kappa shape index (κ2) is 11.4. The van der Waals surface area contributed by atoms with Gasteiger partial charge in [-0.15, -0.1) is 0 Å². The van der Waals surface area contributed by atoms with Crippen molar-refractivity contribution < 1.29 is 14.6 Å². The molecule has 1 saturated heterocycles. The Morgan fingerprint density at radius 1 is 0.957 bits per heavy atom. The summed E-state index contributed by atoms with van der Waals surface area (Å²) < 4.78 is 5.73. The lowest BCUT2D eigenvalue weighted by atomic mass is 9.89.